The van der Waals surface area contributed by atoms with E-state index < -0.39 is 5.97 Å². The Labute approximate surface area is 156 Å². The van der Waals surface area contributed by atoms with Crippen LogP contribution in [0.5, 0.6) is 0 Å². The third-order valence-electron chi connectivity index (χ3n) is 4.01. The van der Waals surface area contributed by atoms with Crippen LogP contribution in [0, 0.1) is 0 Å². The first kappa shape index (κ1) is 22.1. The predicted molar refractivity (Wildman–Crippen MR) is 102 cm³/mol. The largest absolute Gasteiger partial charge is 0.481 e. The van der Waals surface area contributed by atoms with Crippen molar-refractivity contribution < 1.29 is 19.4 Å². The van der Waals surface area contributed by atoms with Gasteiger partial charge in [-0.1, -0.05) is 19.1 Å². The Morgan fingerprint density at radius 2 is 1.81 bits per heavy atom. The van der Waals surface area contributed by atoms with Crippen molar-refractivity contribution in [3.05, 3.63) is 35.4 Å². The molecule has 0 unspecified atom stereocenters. The minimum atomic E-state index is -0.797. The first-order valence-corrected chi connectivity index (χ1v) is 9.15. The molecule has 1 amide bonds. The Hall–Kier alpha value is -1.92. The molecule has 6 heteroatoms. The number of hydrogen-bond acceptors (Lipinski definition) is 4. The minimum Gasteiger partial charge on any atom is -0.481 e. The molecule has 26 heavy (non-hydrogen) atoms. The monoisotopic (exact) mass is 364 g/mol. The molecule has 1 aromatic carbocycles. The number of nitrogens with one attached hydrogen (secondary N) is 1. The van der Waals surface area contributed by atoms with Crippen LogP contribution in [-0.2, 0) is 16.1 Å². The van der Waals surface area contributed by atoms with E-state index in [9.17, 15) is 9.59 Å². The van der Waals surface area contributed by atoms with Crippen LogP contribution in [0.4, 0.5) is 0 Å². The molecule has 146 valence electrons. The normalized spacial score (nSPS) is 11.6. The van der Waals surface area contributed by atoms with Gasteiger partial charge < -0.3 is 15.2 Å². The smallest absolute Gasteiger partial charge is 0.304 e. The van der Waals surface area contributed by atoms with E-state index in [1.165, 1.54) is 0 Å². The van der Waals surface area contributed by atoms with Crippen molar-refractivity contribution >= 4 is 11.9 Å². The van der Waals surface area contributed by atoms with Crippen LogP contribution in [0.25, 0.3) is 0 Å². The van der Waals surface area contributed by atoms with Gasteiger partial charge in [0.15, 0.2) is 0 Å². The van der Waals surface area contributed by atoms with Gasteiger partial charge in [-0.05, 0) is 44.9 Å². The average molecular weight is 364 g/mol. The Kier molecular flexibility index (Phi) is 9.30. The quantitative estimate of drug-likeness (QED) is 0.590. The zero-order valence-electron chi connectivity index (χ0n) is 16.4. The first-order valence-electron chi connectivity index (χ1n) is 9.15. The Balaban J connectivity index is 2.58. The number of hydrogen-bond donors (Lipinski definition) is 2. The van der Waals surface area contributed by atoms with E-state index in [0.717, 1.165) is 12.0 Å². The van der Waals surface area contributed by atoms with Gasteiger partial charge in [0.1, 0.15) is 0 Å². The molecule has 0 radical (unpaired) electrons. The summed E-state index contributed by atoms with van der Waals surface area (Å²) in [6.45, 7) is 11.1. The maximum Gasteiger partial charge on any atom is 0.304 e. The highest BCUT2D eigenvalue weighted by Crippen LogP contribution is 2.18. The summed E-state index contributed by atoms with van der Waals surface area (Å²) in [6, 6.07) is 7.44. The number of carbonyl (C=O) groups is 2. The molecule has 0 aliphatic carbocycles. The van der Waals surface area contributed by atoms with E-state index in [4.69, 9.17) is 9.84 Å². The molecule has 0 aliphatic rings. The van der Waals surface area contributed by atoms with Crippen LogP contribution in [0.2, 0.25) is 0 Å². The number of carbonyl (C=O) groups excluding carboxylic acids is 1. The van der Waals surface area contributed by atoms with Crippen LogP contribution < -0.4 is 5.32 Å². The maximum atomic E-state index is 12.1. The van der Waals surface area contributed by atoms with E-state index in [0.29, 0.717) is 38.4 Å². The van der Waals surface area contributed by atoms with Gasteiger partial charge in [0.25, 0.3) is 5.91 Å². The number of aliphatic carboxylic acids is 1. The SMILES string of the molecule is CCCOCCNC(=O)c1ccc(CN(CCC(=O)O)C(C)(C)C)cc1. The van der Waals surface area contributed by atoms with Crippen LogP contribution in [0.1, 0.15) is 56.5 Å². The van der Waals surface area contributed by atoms with E-state index >= 15 is 0 Å². The van der Waals surface area contributed by atoms with Crippen molar-refractivity contribution in [1.29, 1.82) is 0 Å². The van der Waals surface area contributed by atoms with Crippen molar-refractivity contribution in [3.8, 4) is 0 Å². The Bertz CT molecular complexity index is 564. The van der Waals surface area contributed by atoms with Gasteiger partial charge in [-0.25, -0.2) is 0 Å². The average Bonchev–Trinajstić information content (AvgIpc) is 2.57. The summed E-state index contributed by atoms with van der Waals surface area (Å²) in [4.78, 5) is 25.1. The topological polar surface area (TPSA) is 78.9 Å². The fraction of sp³-hybridized carbons (Fsp3) is 0.600. The lowest BCUT2D eigenvalue weighted by Crippen LogP contribution is -2.42. The molecule has 0 fully saturated rings. The number of amides is 1. The molecule has 0 aromatic heterocycles. The molecule has 0 heterocycles. The van der Waals surface area contributed by atoms with Gasteiger partial charge in [0.05, 0.1) is 13.0 Å². The second-order valence-corrected chi connectivity index (χ2v) is 7.30. The molecule has 2 N–H and O–H groups in total. The highest BCUT2D eigenvalue weighted by Gasteiger charge is 2.22. The van der Waals surface area contributed by atoms with E-state index in [1.54, 1.807) is 12.1 Å². The van der Waals surface area contributed by atoms with Crippen LogP contribution in [0.15, 0.2) is 24.3 Å². The molecule has 0 saturated carbocycles. The highest BCUT2D eigenvalue weighted by molar-refractivity contribution is 5.94. The molecule has 1 aromatic rings. The lowest BCUT2D eigenvalue weighted by molar-refractivity contribution is -0.137. The molecule has 0 bridgehead atoms. The van der Waals surface area contributed by atoms with Crippen molar-refractivity contribution in [1.82, 2.24) is 10.2 Å². The van der Waals surface area contributed by atoms with Gasteiger partial charge in [-0.3, -0.25) is 14.5 Å². The maximum absolute atomic E-state index is 12.1. The van der Waals surface area contributed by atoms with Gasteiger partial charge in [-0.2, -0.15) is 0 Å². The zero-order chi connectivity index (χ0) is 19.6. The molecule has 0 spiro atoms. The summed E-state index contributed by atoms with van der Waals surface area (Å²) in [5, 5.41) is 11.8. The first-order chi connectivity index (χ1) is 12.2. The summed E-state index contributed by atoms with van der Waals surface area (Å²) in [5.74, 6) is -0.913. The third-order valence-corrected chi connectivity index (χ3v) is 4.01. The molecule has 0 atom stereocenters. The van der Waals surface area contributed by atoms with Crippen LogP contribution in [0.3, 0.4) is 0 Å². The molecule has 6 nitrogen and oxygen atoms in total. The summed E-state index contributed by atoms with van der Waals surface area (Å²) >= 11 is 0. The standard InChI is InChI=1S/C20H32N2O4/c1-5-13-26-14-11-21-19(25)17-8-6-16(7-9-17)15-22(20(2,3)4)12-10-18(23)24/h6-9H,5,10-15H2,1-4H3,(H,21,25)(H,23,24). The summed E-state index contributed by atoms with van der Waals surface area (Å²) in [6.07, 6.45) is 1.07. The summed E-state index contributed by atoms with van der Waals surface area (Å²) < 4.78 is 5.34. The van der Waals surface area contributed by atoms with Crippen molar-refractivity contribution in [2.24, 2.45) is 0 Å². The van der Waals surface area contributed by atoms with Gasteiger partial charge in [0.2, 0.25) is 0 Å². The van der Waals surface area contributed by atoms with Crippen molar-refractivity contribution in [2.45, 2.75) is 52.6 Å². The number of carboxylic acid groups (broad SMARTS) is 1. The van der Waals surface area contributed by atoms with Gasteiger partial charge in [-0.15, -0.1) is 0 Å². The van der Waals surface area contributed by atoms with Crippen molar-refractivity contribution in [2.75, 3.05) is 26.3 Å². The lowest BCUT2D eigenvalue weighted by Gasteiger charge is -2.35. The molecule has 1 rings (SSSR count). The second-order valence-electron chi connectivity index (χ2n) is 7.30. The number of ether oxygens (including phenoxy) is 1. The Morgan fingerprint density at radius 3 is 2.35 bits per heavy atom. The van der Waals surface area contributed by atoms with Crippen LogP contribution >= 0.6 is 0 Å². The van der Waals surface area contributed by atoms with E-state index in [2.05, 4.69) is 31.0 Å². The number of nitrogens with zero attached hydrogens (tertiary/aromatic N) is 1. The number of rotatable bonds is 11. The summed E-state index contributed by atoms with van der Waals surface area (Å²) in [7, 11) is 0. The zero-order valence-corrected chi connectivity index (χ0v) is 16.4. The predicted octanol–water partition coefficient (Wildman–Crippen LogP) is 2.92. The number of benzene rings is 1. The molecular weight excluding hydrogens is 332 g/mol. The second kappa shape index (κ2) is 10.9. The van der Waals surface area contributed by atoms with Gasteiger partial charge in [0, 0.05) is 37.3 Å². The molecule has 0 saturated heterocycles. The van der Waals surface area contributed by atoms with Crippen molar-refractivity contribution in [3.63, 3.8) is 0 Å². The van der Waals surface area contributed by atoms with E-state index in [1.807, 2.05) is 19.1 Å². The molecule has 0 aliphatic heterocycles. The van der Waals surface area contributed by atoms with E-state index in [-0.39, 0.29) is 17.9 Å². The Morgan fingerprint density at radius 1 is 1.15 bits per heavy atom. The third kappa shape index (κ3) is 8.45. The highest BCUT2D eigenvalue weighted by atomic mass is 16.5. The fourth-order valence-corrected chi connectivity index (χ4v) is 2.45. The summed E-state index contributed by atoms with van der Waals surface area (Å²) in [5.41, 5.74) is 1.52. The molecular formula is C20H32N2O4. The van der Waals surface area contributed by atoms with Gasteiger partial charge >= 0.3 is 5.97 Å². The number of carboxylic acids is 1. The minimum absolute atomic E-state index is 0.109. The van der Waals surface area contributed by atoms with Crippen LogP contribution in [-0.4, -0.2) is 53.7 Å². The lowest BCUT2D eigenvalue weighted by atomic mass is 10.0. The fourth-order valence-electron chi connectivity index (χ4n) is 2.45.